The summed E-state index contributed by atoms with van der Waals surface area (Å²) in [6.45, 7) is 6.08. The molecule has 0 radical (unpaired) electrons. The molecule has 1 heterocycles. The van der Waals surface area contributed by atoms with Crippen LogP contribution in [0, 0.1) is 5.82 Å². The van der Waals surface area contributed by atoms with E-state index in [2.05, 4.69) is 15.5 Å². The van der Waals surface area contributed by atoms with Crippen LogP contribution < -0.4 is 11.1 Å². The van der Waals surface area contributed by atoms with E-state index in [4.69, 9.17) is 5.73 Å². The van der Waals surface area contributed by atoms with Crippen molar-refractivity contribution in [1.82, 2.24) is 10.2 Å². The molecular formula is C14H17FN4O. The quantitative estimate of drug-likeness (QED) is 0.737. The first-order valence-electron chi connectivity index (χ1n) is 6.19. The van der Waals surface area contributed by atoms with Crippen molar-refractivity contribution in [1.29, 1.82) is 0 Å². The number of carbonyl (C=O) groups excluding carboxylic acids is 1. The molecule has 0 bridgehead atoms. The van der Waals surface area contributed by atoms with Gasteiger partial charge in [-0.1, -0.05) is 20.8 Å². The fourth-order valence-corrected chi connectivity index (χ4v) is 1.70. The Morgan fingerprint density at radius 1 is 1.30 bits per heavy atom. The molecule has 2 aromatic rings. The minimum absolute atomic E-state index is 0.0980. The fourth-order valence-electron chi connectivity index (χ4n) is 1.70. The molecule has 0 aliphatic carbocycles. The number of anilines is 2. The number of carbonyl (C=O) groups is 1. The summed E-state index contributed by atoms with van der Waals surface area (Å²) in [5.41, 5.74) is 6.66. The van der Waals surface area contributed by atoms with Crippen LogP contribution in [0.25, 0.3) is 0 Å². The molecule has 0 atom stereocenters. The lowest BCUT2D eigenvalue weighted by molar-refractivity contribution is 0.102. The van der Waals surface area contributed by atoms with Crippen LogP contribution in [-0.2, 0) is 5.41 Å². The number of nitrogen functional groups attached to an aromatic ring is 1. The maximum absolute atomic E-state index is 13.2. The van der Waals surface area contributed by atoms with Gasteiger partial charge in [-0.25, -0.2) is 4.39 Å². The normalized spacial score (nSPS) is 11.4. The molecule has 4 N–H and O–H groups in total. The third-order valence-corrected chi connectivity index (χ3v) is 2.81. The predicted molar refractivity (Wildman–Crippen MR) is 76.1 cm³/mol. The van der Waals surface area contributed by atoms with Gasteiger partial charge < -0.3 is 11.1 Å². The molecule has 0 unspecified atom stereocenters. The Morgan fingerprint density at radius 2 is 2.00 bits per heavy atom. The van der Waals surface area contributed by atoms with Crippen molar-refractivity contribution in [3.8, 4) is 0 Å². The van der Waals surface area contributed by atoms with E-state index >= 15 is 0 Å². The Labute approximate surface area is 116 Å². The molecule has 0 saturated carbocycles. The molecule has 0 spiro atoms. The zero-order valence-electron chi connectivity index (χ0n) is 11.6. The van der Waals surface area contributed by atoms with E-state index in [-0.39, 0.29) is 16.7 Å². The number of H-pyrrole nitrogens is 1. The van der Waals surface area contributed by atoms with Gasteiger partial charge in [-0.2, -0.15) is 5.10 Å². The molecule has 20 heavy (non-hydrogen) atoms. The predicted octanol–water partition coefficient (Wildman–Crippen LogP) is 2.68. The number of halogens is 1. The molecule has 0 saturated heterocycles. The fraction of sp³-hybridized carbons (Fsp3) is 0.286. The SMILES string of the molecule is CC(C)(C)c1cc(NC(=O)c2cc(N)cc(F)c2)n[nH]1. The third kappa shape index (κ3) is 3.14. The number of amides is 1. The molecule has 0 fully saturated rings. The van der Waals surface area contributed by atoms with Crippen molar-refractivity contribution in [3.63, 3.8) is 0 Å². The standard InChI is InChI=1S/C14H17FN4O/c1-14(2,3)11-7-12(19-18-11)17-13(20)8-4-9(15)6-10(16)5-8/h4-7H,16H2,1-3H3,(H2,17,18,19,20). The van der Waals surface area contributed by atoms with Gasteiger partial charge in [-0.3, -0.25) is 9.89 Å². The molecule has 1 aromatic carbocycles. The molecule has 6 heteroatoms. The van der Waals surface area contributed by atoms with Gasteiger partial charge >= 0.3 is 0 Å². The van der Waals surface area contributed by atoms with Crippen molar-refractivity contribution >= 4 is 17.4 Å². The Bertz CT molecular complexity index is 623. The van der Waals surface area contributed by atoms with E-state index in [1.807, 2.05) is 20.8 Å². The highest BCUT2D eigenvalue weighted by Gasteiger charge is 2.18. The Hall–Kier alpha value is -2.37. The van der Waals surface area contributed by atoms with Gasteiger partial charge in [0.25, 0.3) is 5.91 Å². The number of hydrogen-bond acceptors (Lipinski definition) is 3. The minimum Gasteiger partial charge on any atom is -0.399 e. The molecular weight excluding hydrogens is 259 g/mol. The average Bonchev–Trinajstić information content (AvgIpc) is 2.75. The van der Waals surface area contributed by atoms with Crippen LogP contribution in [-0.4, -0.2) is 16.1 Å². The first kappa shape index (κ1) is 14.0. The van der Waals surface area contributed by atoms with Crippen LogP contribution in [0.5, 0.6) is 0 Å². The average molecular weight is 276 g/mol. The van der Waals surface area contributed by atoms with Crippen molar-refractivity contribution in [2.24, 2.45) is 0 Å². The zero-order chi connectivity index (χ0) is 14.9. The monoisotopic (exact) mass is 276 g/mol. The van der Waals surface area contributed by atoms with Crippen molar-refractivity contribution in [3.05, 3.63) is 41.3 Å². The maximum atomic E-state index is 13.2. The van der Waals surface area contributed by atoms with Gasteiger partial charge in [0, 0.05) is 28.4 Å². The highest BCUT2D eigenvalue weighted by Crippen LogP contribution is 2.22. The summed E-state index contributed by atoms with van der Waals surface area (Å²) in [6, 6.07) is 5.45. The van der Waals surface area contributed by atoms with E-state index in [1.54, 1.807) is 6.07 Å². The number of aromatic amines is 1. The molecule has 0 aliphatic rings. The number of rotatable bonds is 2. The second-order valence-electron chi connectivity index (χ2n) is 5.64. The second kappa shape index (κ2) is 4.96. The van der Waals surface area contributed by atoms with Crippen LogP contribution in [0.3, 0.4) is 0 Å². The number of nitrogens with two attached hydrogens (primary N) is 1. The molecule has 5 nitrogen and oxygen atoms in total. The van der Waals surface area contributed by atoms with Gasteiger partial charge in [-0.05, 0) is 18.2 Å². The molecule has 106 valence electrons. The van der Waals surface area contributed by atoms with Gasteiger partial charge in [0.1, 0.15) is 5.82 Å². The largest absolute Gasteiger partial charge is 0.399 e. The first-order chi connectivity index (χ1) is 9.25. The van der Waals surface area contributed by atoms with Gasteiger partial charge in [-0.15, -0.1) is 0 Å². The molecule has 2 rings (SSSR count). The van der Waals surface area contributed by atoms with E-state index in [9.17, 15) is 9.18 Å². The lowest BCUT2D eigenvalue weighted by atomic mass is 9.92. The van der Waals surface area contributed by atoms with Crippen LogP contribution in [0.1, 0.15) is 36.8 Å². The van der Waals surface area contributed by atoms with Gasteiger partial charge in [0.05, 0.1) is 0 Å². The Morgan fingerprint density at radius 3 is 2.55 bits per heavy atom. The summed E-state index contributed by atoms with van der Waals surface area (Å²) < 4.78 is 13.2. The Balaban J connectivity index is 2.17. The number of nitrogens with zero attached hydrogens (tertiary/aromatic N) is 1. The van der Waals surface area contributed by atoms with E-state index < -0.39 is 11.7 Å². The number of hydrogen-bond donors (Lipinski definition) is 3. The Kier molecular flexibility index (Phi) is 3.48. The highest BCUT2D eigenvalue weighted by molar-refractivity contribution is 6.04. The van der Waals surface area contributed by atoms with Crippen LogP contribution in [0.15, 0.2) is 24.3 Å². The summed E-state index contributed by atoms with van der Waals surface area (Å²) in [5.74, 6) is -0.613. The van der Waals surface area contributed by atoms with Crippen LogP contribution in [0.2, 0.25) is 0 Å². The van der Waals surface area contributed by atoms with Gasteiger partial charge in [0.2, 0.25) is 0 Å². The van der Waals surface area contributed by atoms with Crippen molar-refractivity contribution < 1.29 is 9.18 Å². The molecule has 1 amide bonds. The van der Waals surface area contributed by atoms with E-state index in [1.165, 1.54) is 6.07 Å². The summed E-state index contributed by atoms with van der Waals surface area (Å²) in [6.07, 6.45) is 0. The van der Waals surface area contributed by atoms with Gasteiger partial charge in [0.15, 0.2) is 5.82 Å². The number of nitrogens with one attached hydrogen (secondary N) is 2. The first-order valence-corrected chi connectivity index (χ1v) is 6.19. The highest BCUT2D eigenvalue weighted by atomic mass is 19.1. The topological polar surface area (TPSA) is 83.8 Å². The molecule has 1 aromatic heterocycles. The summed E-state index contributed by atoms with van der Waals surface area (Å²) in [4.78, 5) is 12.0. The van der Waals surface area contributed by atoms with E-state index in [0.717, 1.165) is 17.8 Å². The smallest absolute Gasteiger partial charge is 0.257 e. The summed E-state index contributed by atoms with van der Waals surface area (Å²) in [7, 11) is 0. The van der Waals surface area contributed by atoms with Crippen molar-refractivity contribution in [2.45, 2.75) is 26.2 Å². The van der Waals surface area contributed by atoms with E-state index in [0.29, 0.717) is 5.82 Å². The van der Waals surface area contributed by atoms with Crippen LogP contribution >= 0.6 is 0 Å². The third-order valence-electron chi connectivity index (χ3n) is 2.81. The number of benzene rings is 1. The zero-order valence-corrected chi connectivity index (χ0v) is 11.6. The minimum atomic E-state index is -0.549. The summed E-state index contributed by atoms with van der Waals surface area (Å²) in [5, 5.41) is 9.47. The summed E-state index contributed by atoms with van der Waals surface area (Å²) >= 11 is 0. The maximum Gasteiger partial charge on any atom is 0.257 e. The molecule has 0 aliphatic heterocycles. The second-order valence-corrected chi connectivity index (χ2v) is 5.64. The number of aromatic nitrogens is 2. The van der Waals surface area contributed by atoms with Crippen molar-refractivity contribution in [2.75, 3.05) is 11.1 Å². The lowest BCUT2D eigenvalue weighted by Gasteiger charge is -2.14. The lowest BCUT2D eigenvalue weighted by Crippen LogP contribution is -2.13. The van der Waals surface area contributed by atoms with Crippen LogP contribution in [0.4, 0.5) is 15.9 Å².